The first-order valence-electron chi connectivity index (χ1n) is 8.34. The Morgan fingerprint density at radius 2 is 1.96 bits per heavy atom. The van der Waals surface area contributed by atoms with Crippen molar-refractivity contribution in [1.82, 2.24) is 14.7 Å². The fourth-order valence-corrected chi connectivity index (χ4v) is 3.61. The van der Waals surface area contributed by atoms with Gasteiger partial charge in [-0.1, -0.05) is 39.0 Å². The highest BCUT2D eigenvalue weighted by molar-refractivity contribution is 5.45. The Morgan fingerprint density at radius 3 is 2.52 bits per heavy atom. The molecule has 0 fully saturated rings. The first-order chi connectivity index (χ1) is 10.8. The van der Waals surface area contributed by atoms with Crippen molar-refractivity contribution in [2.75, 3.05) is 20.1 Å². The van der Waals surface area contributed by atoms with Crippen LogP contribution in [0.1, 0.15) is 55.0 Å². The number of aryl methyl sites for hydroxylation is 1. The van der Waals surface area contributed by atoms with Crippen LogP contribution >= 0.6 is 0 Å². The Balaban J connectivity index is 2.12. The Morgan fingerprint density at radius 1 is 1.22 bits per heavy atom. The lowest BCUT2D eigenvalue weighted by atomic mass is 9.78. The lowest BCUT2D eigenvalue weighted by Gasteiger charge is -2.39. The molecule has 2 atom stereocenters. The summed E-state index contributed by atoms with van der Waals surface area (Å²) in [6.07, 6.45) is 4.12. The van der Waals surface area contributed by atoms with Gasteiger partial charge in [0.15, 0.2) is 0 Å². The van der Waals surface area contributed by atoms with Crippen molar-refractivity contribution < 1.29 is 0 Å². The Labute approximate surface area is 139 Å². The molecule has 1 aliphatic rings. The van der Waals surface area contributed by atoms with Crippen LogP contribution in [-0.4, -0.2) is 34.8 Å². The number of likely N-dealkylation sites (N-methyl/N-ethyl adjacent to an activating group) is 1. The Hall–Kier alpha value is -1.65. The number of hydrogen-bond acceptors (Lipinski definition) is 3. The van der Waals surface area contributed by atoms with Crippen LogP contribution in [0.15, 0.2) is 30.6 Å². The normalized spacial score (nSPS) is 22.2. The van der Waals surface area contributed by atoms with Gasteiger partial charge < -0.3 is 5.73 Å². The van der Waals surface area contributed by atoms with Crippen molar-refractivity contribution in [3.8, 4) is 0 Å². The van der Waals surface area contributed by atoms with E-state index in [1.807, 2.05) is 17.9 Å². The van der Waals surface area contributed by atoms with Gasteiger partial charge in [0.1, 0.15) is 0 Å². The summed E-state index contributed by atoms with van der Waals surface area (Å²) in [7, 11) is 4.15. The van der Waals surface area contributed by atoms with E-state index in [1.165, 1.54) is 22.3 Å². The molecule has 2 unspecified atom stereocenters. The Bertz CT molecular complexity index is 696. The minimum absolute atomic E-state index is 0.147. The van der Waals surface area contributed by atoms with Gasteiger partial charge in [-0.05, 0) is 34.7 Å². The fraction of sp³-hybridized carbons (Fsp3) is 0.526. The summed E-state index contributed by atoms with van der Waals surface area (Å²) >= 11 is 0. The van der Waals surface area contributed by atoms with E-state index in [1.54, 1.807) is 0 Å². The van der Waals surface area contributed by atoms with Gasteiger partial charge in [-0.15, -0.1) is 0 Å². The highest BCUT2D eigenvalue weighted by Crippen LogP contribution is 2.40. The second-order valence-electron chi connectivity index (χ2n) is 7.78. The minimum Gasteiger partial charge on any atom is -0.329 e. The third kappa shape index (κ3) is 2.93. The highest BCUT2D eigenvalue weighted by Gasteiger charge is 2.32. The van der Waals surface area contributed by atoms with E-state index >= 15 is 0 Å². The molecule has 0 radical (unpaired) electrons. The molecule has 1 aliphatic heterocycles. The molecule has 0 amide bonds. The highest BCUT2D eigenvalue weighted by atomic mass is 15.2. The molecular weight excluding hydrogens is 284 g/mol. The molecule has 2 N–H and O–H groups in total. The van der Waals surface area contributed by atoms with E-state index in [9.17, 15) is 0 Å². The predicted molar refractivity (Wildman–Crippen MR) is 94.6 cm³/mol. The number of nitrogens with two attached hydrogens (primary N) is 1. The smallest absolute Gasteiger partial charge is 0.0528 e. The van der Waals surface area contributed by atoms with Crippen LogP contribution in [-0.2, 0) is 12.5 Å². The maximum atomic E-state index is 6.10. The first kappa shape index (κ1) is 16.2. The lowest BCUT2D eigenvalue weighted by Crippen LogP contribution is -2.39. The fourth-order valence-electron chi connectivity index (χ4n) is 3.61. The molecule has 0 aliphatic carbocycles. The first-order valence-corrected chi connectivity index (χ1v) is 8.34. The SMILES string of the molecule is CN1CC(c2cnn(C)c2)c2ccc(C(C)(C)C)cc2C1CN. The zero-order valence-electron chi connectivity index (χ0n) is 14.9. The van der Waals surface area contributed by atoms with Crippen molar-refractivity contribution in [2.45, 2.75) is 38.1 Å². The quantitative estimate of drug-likeness (QED) is 0.927. The van der Waals surface area contributed by atoms with Crippen LogP contribution in [0, 0.1) is 0 Å². The molecule has 124 valence electrons. The van der Waals surface area contributed by atoms with Crippen LogP contribution in [0.5, 0.6) is 0 Å². The van der Waals surface area contributed by atoms with E-state index in [4.69, 9.17) is 5.73 Å². The Kier molecular flexibility index (Phi) is 4.07. The third-order valence-electron chi connectivity index (χ3n) is 5.04. The van der Waals surface area contributed by atoms with E-state index in [0.29, 0.717) is 18.5 Å². The summed E-state index contributed by atoms with van der Waals surface area (Å²) in [6, 6.07) is 7.25. The molecule has 0 saturated carbocycles. The van der Waals surface area contributed by atoms with Crippen molar-refractivity contribution in [3.63, 3.8) is 0 Å². The molecule has 3 rings (SSSR count). The molecule has 2 heterocycles. The average molecular weight is 312 g/mol. The van der Waals surface area contributed by atoms with Gasteiger partial charge in [0.2, 0.25) is 0 Å². The van der Waals surface area contributed by atoms with Crippen molar-refractivity contribution in [1.29, 1.82) is 0 Å². The summed E-state index contributed by atoms with van der Waals surface area (Å²) < 4.78 is 1.88. The molecule has 0 saturated heterocycles. The van der Waals surface area contributed by atoms with E-state index in [2.05, 4.69) is 62.2 Å². The second kappa shape index (κ2) is 5.77. The van der Waals surface area contributed by atoms with Crippen LogP contribution in [0.25, 0.3) is 0 Å². The van der Waals surface area contributed by atoms with Gasteiger partial charge in [-0.3, -0.25) is 9.58 Å². The van der Waals surface area contributed by atoms with Gasteiger partial charge in [-0.2, -0.15) is 5.10 Å². The topological polar surface area (TPSA) is 47.1 Å². The van der Waals surface area contributed by atoms with E-state index in [-0.39, 0.29) is 5.41 Å². The third-order valence-corrected chi connectivity index (χ3v) is 5.04. The molecule has 1 aromatic carbocycles. The molecule has 4 heteroatoms. The number of hydrogen-bond donors (Lipinski definition) is 1. The van der Waals surface area contributed by atoms with Gasteiger partial charge >= 0.3 is 0 Å². The van der Waals surface area contributed by atoms with Crippen molar-refractivity contribution >= 4 is 0 Å². The molecule has 23 heavy (non-hydrogen) atoms. The summed E-state index contributed by atoms with van der Waals surface area (Å²) in [5, 5.41) is 4.36. The molecular formula is C19H28N4. The van der Waals surface area contributed by atoms with Crippen LogP contribution in [0.2, 0.25) is 0 Å². The zero-order valence-corrected chi connectivity index (χ0v) is 14.9. The molecule has 0 spiro atoms. The van der Waals surface area contributed by atoms with Crippen LogP contribution in [0.3, 0.4) is 0 Å². The maximum Gasteiger partial charge on any atom is 0.0528 e. The van der Waals surface area contributed by atoms with Crippen molar-refractivity contribution in [2.24, 2.45) is 12.8 Å². The number of rotatable bonds is 2. The molecule has 1 aromatic heterocycles. The standard InChI is InChI=1S/C19H28N4/c1-19(2,3)14-6-7-15-16(8-14)18(9-20)22(4)12-17(15)13-10-21-23(5)11-13/h6-8,10-11,17-18H,9,12,20H2,1-5H3. The summed E-state index contributed by atoms with van der Waals surface area (Å²) in [4.78, 5) is 2.38. The predicted octanol–water partition coefficient (Wildman–Crippen LogP) is 2.79. The number of aromatic nitrogens is 2. The number of fused-ring (bicyclic) bond motifs is 1. The van der Waals surface area contributed by atoms with Crippen LogP contribution < -0.4 is 5.73 Å². The molecule has 4 nitrogen and oxygen atoms in total. The van der Waals surface area contributed by atoms with Crippen molar-refractivity contribution in [3.05, 3.63) is 52.8 Å². The second-order valence-corrected chi connectivity index (χ2v) is 7.78. The summed E-state index contributed by atoms with van der Waals surface area (Å²) in [6.45, 7) is 8.41. The van der Waals surface area contributed by atoms with Gasteiger partial charge in [0.05, 0.1) is 6.20 Å². The largest absolute Gasteiger partial charge is 0.329 e. The minimum atomic E-state index is 0.147. The zero-order chi connectivity index (χ0) is 16.8. The lowest BCUT2D eigenvalue weighted by molar-refractivity contribution is 0.223. The summed E-state index contributed by atoms with van der Waals surface area (Å²) in [5.74, 6) is 0.362. The van der Waals surface area contributed by atoms with Gasteiger partial charge in [-0.25, -0.2) is 0 Å². The maximum absolute atomic E-state index is 6.10. The number of nitrogens with zero attached hydrogens (tertiary/aromatic N) is 3. The van der Waals surface area contributed by atoms with E-state index in [0.717, 1.165) is 6.54 Å². The number of benzene rings is 1. The van der Waals surface area contributed by atoms with Gasteiger partial charge in [0, 0.05) is 38.3 Å². The van der Waals surface area contributed by atoms with Crippen LogP contribution in [0.4, 0.5) is 0 Å². The molecule has 2 aromatic rings. The molecule has 0 bridgehead atoms. The monoisotopic (exact) mass is 312 g/mol. The average Bonchev–Trinajstić information content (AvgIpc) is 2.91. The van der Waals surface area contributed by atoms with Gasteiger partial charge in [0.25, 0.3) is 0 Å². The van der Waals surface area contributed by atoms with E-state index < -0.39 is 0 Å². The summed E-state index contributed by atoms with van der Waals surface area (Å²) in [5.41, 5.74) is 11.7.